The highest BCUT2D eigenvalue weighted by Gasteiger charge is 2.38. The Kier molecular flexibility index (Phi) is 6.70. The van der Waals surface area contributed by atoms with Crippen molar-refractivity contribution in [3.05, 3.63) is 42.6 Å². The van der Waals surface area contributed by atoms with Gasteiger partial charge in [0.05, 0.1) is 11.7 Å². The number of benzene rings is 1. The van der Waals surface area contributed by atoms with Crippen LogP contribution >= 0.6 is 0 Å². The zero-order valence-corrected chi connectivity index (χ0v) is 15.7. The molecule has 1 atom stereocenters. The van der Waals surface area contributed by atoms with Gasteiger partial charge in [0.2, 0.25) is 0 Å². The molecule has 2 heterocycles. The summed E-state index contributed by atoms with van der Waals surface area (Å²) in [5.41, 5.74) is 1.57. The number of para-hydroxylation sites is 1. The van der Waals surface area contributed by atoms with Crippen molar-refractivity contribution in [1.82, 2.24) is 10.2 Å². The second kappa shape index (κ2) is 9.00. The minimum absolute atomic E-state index is 0.581. The topological polar surface area (TPSA) is 67.8 Å². The number of hydrogen-bond donors (Lipinski definition) is 4. The lowest BCUT2D eigenvalue weighted by Gasteiger charge is -2.40. The van der Waals surface area contributed by atoms with Crippen molar-refractivity contribution in [3.8, 4) is 0 Å². The van der Waals surface area contributed by atoms with E-state index in [0.717, 1.165) is 51.1 Å². The molecule has 5 heteroatoms. The van der Waals surface area contributed by atoms with Gasteiger partial charge in [-0.25, -0.2) is 0 Å². The van der Waals surface area contributed by atoms with Gasteiger partial charge in [-0.2, -0.15) is 0 Å². The van der Waals surface area contributed by atoms with Crippen molar-refractivity contribution in [2.24, 2.45) is 5.92 Å². The lowest BCUT2D eigenvalue weighted by Crippen LogP contribution is -2.54. The van der Waals surface area contributed by atoms with Crippen LogP contribution in [0.15, 0.2) is 37.0 Å². The number of likely N-dealkylation sites (tertiary alicyclic amines) is 1. The number of nitrogens with zero attached hydrogens (tertiary/aromatic N) is 1. The second-order valence-corrected chi connectivity index (χ2v) is 7.82. The van der Waals surface area contributed by atoms with Crippen LogP contribution in [0.3, 0.4) is 0 Å². The molecule has 5 nitrogen and oxygen atoms in total. The molecular weight excluding hydrogens is 326 g/mol. The minimum Gasteiger partial charge on any atom is -0.389 e. The maximum Gasteiger partial charge on any atom is 0.0954 e. The van der Waals surface area contributed by atoms with Crippen LogP contribution in [0, 0.1) is 5.92 Å². The van der Waals surface area contributed by atoms with E-state index in [1.54, 1.807) is 6.20 Å². The van der Waals surface area contributed by atoms with Crippen LogP contribution in [0.1, 0.15) is 31.2 Å². The van der Waals surface area contributed by atoms with E-state index < -0.39 is 11.7 Å². The maximum atomic E-state index is 10.7. The normalized spacial score (nSPS) is 22.7. The molecule has 2 saturated heterocycles. The summed E-state index contributed by atoms with van der Waals surface area (Å²) in [6.07, 6.45) is 5.69. The molecule has 0 amide bonds. The van der Waals surface area contributed by atoms with Crippen LogP contribution in [0.4, 0.5) is 5.69 Å². The molecule has 2 aliphatic heterocycles. The van der Waals surface area contributed by atoms with Crippen molar-refractivity contribution in [3.63, 3.8) is 0 Å². The maximum absolute atomic E-state index is 10.7. The Labute approximate surface area is 157 Å². The molecule has 144 valence electrons. The molecule has 0 aromatic heterocycles. The third-order valence-electron chi connectivity index (χ3n) is 6.01. The van der Waals surface area contributed by atoms with Crippen LogP contribution in [0.2, 0.25) is 0 Å². The minimum atomic E-state index is -0.919. The van der Waals surface area contributed by atoms with E-state index in [1.165, 1.54) is 5.56 Å². The number of aliphatic hydroxyl groups is 2. The van der Waals surface area contributed by atoms with E-state index in [2.05, 4.69) is 40.3 Å². The first-order valence-electron chi connectivity index (χ1n) is 9.89. The Bertz CT molecular complexity index is 578. The van der Waals surface area contributed by atoms with E-state index in [0.29, 0.717) is 25.3 Å². The van der Waals surface area contributed by atoms with E-state index in [9.17, 15) is 10.2 Å². The molecule has 2 aliphatic rings. The van der Waals surface area contributed by atoms with Gasteiger partial charge in [-0.05, 0) is 82.0 Å². The number of hydrogen-bond acceptors (Lipinski definition) is 5. The average Bonchev–Trinajstić information content (AvgIpc) is 2.66. The van der Waals surface area contributed by atoms with Crippen molar-refractivity contribution >= 4 is 5.69 Å². The number of rotatable bonds is 7. The van der Waals surface area contributed by atoms with Gasteiger partial charge in [0.1, 0.15) is 0 Å². The van der Waals surface area contributed by atoms with Gasteiger partial charge in [0, 0.05) is 12.2 Å². The van der Waals surface area contributed by atoms with Gasteiger partial charge in [-0.3, -0.25) is 0 Å². The largest absolute Gasteiger partial charge is 0.389 e. The molecule has 1 aromatic rings. The van der Waals surface area contributed by atoms with Gasteiger partial charge in [0.15, 0.2) is 0 Å². The van der Waals surface area contributed by atoms with Gasteiger partial charge < -0.3 is 25.7 Å². The lowest BCUT2D eigenvalue weighted by atomic mass is 9.85. The molecule has 1 aromatic carbocycles. The summed E-state index contributed by atoms with van der Waals surface area (Å²) in [6.45, 7) is 7.90. The summed E-state index contributed by atoms with van der Waals surface area (Å²) < 4.78 is 0. The number of piperidine rings is 2. The number of anilines is 1. The fourth-order valence-electron chi connectivity index (χ4n) is 4.24. The van der Waals surface area contributed by atoms with Crippen LogP contribution in [-0.4, -0.2) is 59.5 Å². The summed E-state index contributed by atoms with van der Waals surface area (Å²) >= 11 is 0. The number of β-amino-alcohol motifs (C(OH)–C–C–N with tert-alkyl or cyclic N) is 1. The molecule has 0 saturated carbocycles. The zero-order chi connectivity index (χ0) is 18.4. The monoisotopic (exact) mass is 359 g/mol. The van der Waals surface area contributed by atoms with Crippen LogP contribution in [0.5, 0.6) is 0 Å². The Morgan fingerprint density at radius 2 is 1.96 bits per heavy atom. The van der Waals surface area contributed by atoms with E-state index in [4.69, 9.17) is 0 Å². The number of nitrogens with one attached hydrogen (secondary N) is 2. The summed E-state index contributed by atoms with van der Waals surface area (Å²) in [5.74, 6) is 0.665. The smallest absolute Gasteiger partial charge is 0.0954 e. The zero-order valence-electron chi connectivity index (χ0n) is 15.7. The summed E-state index contributed by atoms with van der Waals surface area (Å²) in [7, 11) is 0. The Morgan fingerprint density at radius 3 is 2.65 bits per heavy atom. The summed E-state index contributed by atoms with van der Waals surface area (Å²) in [5, 5.41) is 27.7. The van der Waals surface area contributed by atoms with Crippen molar-refractivity contribution < 1.29 is 10.2 Å². The average molecular weight is 360 g/mol. The highest BCUT2D eigenvalue weighted by molar-refractivity contribution is 5.52. The van der Waals surface area contributed by atoms with E-state index in [-0.39, 0.29) is 0 Å². The lowest BCUT2D eigenvalue weighted by molar-refractivity contribution is -0.104. The molecule has 2 fully saturated rings. The Balaban J connectivity index is 1.48. The summed E-state index contributed by atoms with van der Waals surface area (Å²) in [6, 6.07) is 8.43. The molecule has 3 rings (SSSR count). The fourth-order valence-corrected chi connectivity index (χ4v) is 4.24. The highest BCUT2D eigenvalue weighted by atomic mass is 16.3. The van der Waals surface area contributed by atoms with Crippen molar-refractivity contribution in [2.45, 2.75) is 43.8 Å². The van der Waals surface area contributed by atoms with Crippen molar-refractivity contribution in [1.29, 1.82) is 0 Å². The fraction of sp³-hybridized carbons (Fsp3) is 0.619. The molecule has 26 heavy (non-hydrogen) atoms. The second-order valence-electron chi connectivity index (χ2n) is 7.82. The molecule has 1 unspecified atom stereocenters. The Morgan fingerprint density at radius 1 is 1.27 bits per heavy atom. The SMILES string of the molecule is C=CNc1ccccc1CC1CCN(CC(O)C2(O)CCNCC2)CC1. The molecule has 0 radical (unpaired) electrons. The van der Waals surface area contributed by atoms with Gasteiger partial charge in [0.25, 0.3) is 0 Å². The van der Waals surface area contributed by atoms with Crippen LogP contribution in [0.25, 0.3) is 0 Å². The van der Waals surface area contributed by atoms with E-state index in [1.807, 2.05) is 6.07 Å². The number of aliphatic hydroxyl groups excluding tert-OH is 1. The standard InChI is InChI=1S/C21H33N3O2/c1-2-23-19-6-4-3-5-18(19)15-17-7-13-24(14-8-17)16-20(25)21(26)9-11-22-12-10-21/h2-6,17,20,22-23,25-26H,1,7-16H2. The quantitative estimate of drug-likeness (QED) is 0.599. The molecule has 4 N–H and O–H groups in total. The third-order valence-corrected chi connectivity index (χ3v) is 6.01. The predicted molar refractivity (Wildman–Crippen MR) is 106 cm³/mol. The summed E-state index contributed by atoms with van der Waals surface area (Å²) in [4.78, 5) is 2.31. The Hall–Kier alpha value is -1.40. The van der Waals surface area contributed by atoms with Crippen molar-refractivity contribution in [2.75, 3.05) is 38.0 Å². The first-order valence-corrected chi connectivity index (χ1v) is 9.89. The highest BCUT2D eigenvalue weighted by Crippen LogP contribution is 2.28. The first kappa shape index (κ1) is 19.4. The molecule has 0 aliphatic carbocycles. The van der Waals surface area contributed by atoms with Gasteiger partial charge in [-0.15, -0.1) is 0 Å². The predicted octanol–water partition coefficient (Wildman–Crippen LogP) is 1.97. The molecular formula is C21H33N3O2. The molecule has 0 bridgehead atoms. The van der Waals surface area contributed by atoms with Gasteiger partial charge in [-0.1, -0.05) is 24.8 Å². The third kappa shape index (κ3) is 4.86. The first-order chi connectivity index (χ1) is 12.6. The van der Waals surface area contributed by atoms with Crippen LogP contribution in [-0.2, 0) is 6.42 Å². The van der Waals surface area contributed by atoms with E-state index >= 15 is 0 Å². The van der Waals surface area contributed by atoms with Gasteiger partial charge >= 0.3 is 0 Å². The molecule has 0 spiro atoms. The van der Waals surface area contributed by atoms with Crippen LogP contribution < -0.4 is 10.6 Å².